The Morgan fingerprint density at radius 1 is 1.52 bits per heavy atom. The van der Waals surface area contributed by atoms with Crippen LogP contribution in [0.2, 0.25) is 0 Å². The third kappa shape index (κ3) is 4.04. The van der Waals surface area contributed by atoms with Crippen LogP contribution in [0.4, 0.5) is 0 Å². The van der Waals surface area contributed by atoms with Crippen LogP contribution in [0.15, 0.2) is 0 Å². The Labute approximate surface area is 124 Å². The number of aromatic amines is 1. The van der Waals surface area contributed by atoms with Gasteiger partial charge in [-0.3, -0.25) is 14.7 Å². The number of carbonyl (C=O) groups excluding carboxylic acids is 2. The van der Waals surface area contributed by atoms with Gasteiger partial charge in [0.05, 0.1) is 11.8 Å². The molecule has 0 spiro atoms. The maximum atomic E-state index is 11.8. The van der Waals surface area contributed by atoms with E-state index in [4.69, 9.17) is 4.74 Å². The Bertz CT molecular complexity index is 526. The normalized spacial score (nSPS) is 18.9. The standard InChI is InChI=1S/C14H22N4O3/c1-9-10(2)16-17-12(9)4-5-13(19)15-6-11-7-18(3)14(20)8-21-11/h11H,4-8H2,1-3H3,(H,15,19)(H,16,17). The molecule has 1 unspecified atom stereocenters. The largest absolute Gasteiger partial charge is 0.365 e. The van der Waals surface area contributed by atoms with Gasteiger partial charge in [-0.2, -0.15) is 5.10 Å². The van der Waals surface area contributed by atoms with Crippen LogP contribution >= 0.6 is 0 Å². The lowest BCUT2D eigenvalue weighted by Gasteiger charge is -2.29. The Morgan fingerprint density at radius 3 is 2.90 bits per heavy atom. The summed E-state index contributed by atoms with van der Waals surface area (Å²) in [6.07, 6.45) is 0.879. The molecule has 0 saturated carbocycles. The predicted octanol–water partition coefficient (Wildman–Crippen LogP) is -0.0675. The molecule has 7 heteroatoms. The third-order valence-corrected chi connectivity index (χ3v) is 3.82. The highest BCUT2D eigenvalue weighted by molar-refractivity contribution is 5.78. The maximum Gasteiger partial charge on any atom is 0.248 e. The number of carbonyl (C=O) groups is 2. The van der Waals surface area contributed by atoms with Crippen LogP contribution < -0.4 is 5.32 Å². The van der Waals surface area contributed by atoms with Crippen molar-refractivity contribution in [3.05, 3.63) is 17.0 Å². The lowest BCUT2D eigenvalue weighted by Crippen LogP contribution is -2.48. The summed E-state index contributed by atoms with van der Waals surface area (Å²) in [4.78, 5) is 24.7. The van der Waals surface area contributed by atoms with Crippen molar-refractivity contribution < 1.29 is 14.3 Å². The van der Waals surface area contributed by atoms with Gasteiger partial charge in [-0.15, -0.1) is 0 Å². The molecule has 1 aromatic heterocycles. The fourth-order valence-corrected chi connectivity index (χ4v) is 2.21. The molecule has 1 aromatic rings. The van der Waals surface area contributed by atoms with E-state index >= 15 is 0 Å². The number of hydrogen-bond donors (Lipinski definition) is 2. The number of aromatic nitrogens is 2. The summed E-state index contributed by atoms with van der Waals surface area (Å²) in [6, 6.07) is 0. The minimum Gasteiger partial charge on any atom is -0.365 e. The number of likely N-dealkylation sites (N-methyl/N-ethyl adjacent to an activating group) is 1. The molecule has 1 saturated heterocycles. The zero-order valence-corrected chi connectivity index (χ0v) is 12.7. The average molecular weight is 294 g/mol. The van der Waals surface area contributed by atoms with Crippen molar-refractivity contribution in [3.8, 4) is 0 Å². The molecule has 116 valence electrons. The lowest BCUT2D eigenvalue weighted by atomic mass is 10.1. The Balaban J connectivity index is 1.70. The van der Waals surface area contributed by atoms with Crippen molar-refractivity contribution in [2.45, 2.75) is 32.8 Å². The highest BCUT2D eigenvalue weighted by Crippen LogP contribution is 2.10. The summed E-state index contributed by atoms with van der Waals surface area (Å²) in [6.45, 7) is 4.98. The van der Waals surface area contributed by atoms with Crippen LogP contribution in [0.5, 0.6) is 0 Å². The molecular formula is C14H22N4O3. The van der Waals surface area contributed by atoms with E-state index in [0.717, 1.165) is 17.0 Å². The Hall–Kier alpha value is -1.89. The molecule has 1 aliphatic rings. The second kappa shape index (κ2) is 6.71. The van der Waals surface area contributed by atoms with Gasteiger partial charge in [0.2, 0.25) is 11.8 Å². The zero-order valence-electron chi connectivity index (χ0n) is 12.7. The van der Waals surface area contributed by atoms with Crippen LogP contribution in [0.1, 0.15) is 23.4 Å². The minimum atomic E-state index is -0.133. The molecule has 1 atom stereocenters. The first kappa shape index (κ1) is 15.5. The van der Waals surface area contributed by atoms with E-state index in [-0.39, 0.29) is 24.5 Å². The number of nitrogens with one attached hydrogen (secondary N) is 2. The van der Waals surface area contributed by atoms with Crippen LogP contribution in [-0.2, 0) is 20.7 Å². The molecule has 0 aliphatic carbocycles. The number of ether oxygens (including phenoxy) is 1. The second-order valence-corrected chi connectivity index (χ2v) is 5.43. The van der Waals surface area contributed by atoms with Crippen LogP contribution in [0.25, 0.3) is 0 Å². The zero-order chi connectivity index (χ0) is 15.4. The fraction of sp³-hybridized carbons (Fsp3) is 0.643. The first-order valence-electron chi connectivity index (χ1n) is 7.10. The first-order chi connectivity index (χ1) is 9.97. The van der Waals surface area contributed by atoms with Crippen LogP contribution in [0.3, 0.4) is 0 Å². The van der Waals surface area contributed by atoms with Gasteiger partial charge in [-0.1, -0.05) is 0 Å². The van der Waals surface area contributed by atoms with Crippen LogP contribution in [-0.4, -0.2) is 59.8 Å². The van der Waals surface area contributed by atoms with E-state index in [1.165, 1.54) is 0 Å². The summed E-state index contributed by atoms with van der Waals surface area (Å²) in [5.74, 6) is -0.0554. The van der Waals surface area contributed by atoms with E-state index in [1.54, 1.807) is 11.9 Å². The molecule has 2 rings (SSSR count). The van der Waals surface area contributed by atoms with Gasteiger partial charge in [0.15, 0.2) is 0 Å². The highest BCUT2D eigenvalue weighted by Gasteiger charge is 2.23. The van der Waals surface area contributed by atoms with E-state index in [1.807, 2.05) is 13.8 Å². The Morgan fingerprint density at radius 2 is 2.29 bits per heavy atom. The van der Waals surface area contributed by atoms with Crippen LogP contribution in [0, 0.1) is 13.8 Å². The number of nitrogens with zero attached hydrogens (tertiary/aromatic N) is 2. The van der Waals surface area contributed by atoms with Crippen molar-refractivity contribution in [1.82, 2.24) is 20.4 Å². The first-order valence-corrected chi connectivity index (χ1v) is 7.10. The second-order valence-electron chi connectivity index (χ2n) is 5.43. The van der Waals surface area contributed by atoms with E-state index in [9.17, 15) is 9.59 Å². The quantitative estimate of drug-likeness (QED) is 0.796. The van der Waals surface area contributed by atoms with Gasteiger partial charge in [-0.25, -0.2) is 0 Å². The maximum absolute atomic E-state index is 11.8. The molecule has 0 aromatic carbocycles. The highest BCUT2D eigenvalue weighted by atomic mass is 16.5. The van der Waals surface area contributed by atoms with Crippen molar-refractivity contribution in [2.75, 3.05) is 26.7 Å². The number of amides is 2. The summed E-state index contributed by atoms with van der Waals surface area (Å²) >= 11 is 0. The summed E-state index contributed by atoms with van der Waals surface area (Å²) in [5.41, 5.74) is 3.08. The molecule has 1 fully saturated rings. The molecule has 1 aliphatic heterocycles. The van der Waals surface area contributed by atoms with Gasteiger partial charge < -0.3 is 15.0 Å². The predicted molar refractivity (Wildman–Crippen MR) is 76.8 cm³/mol. The van der Waals surface area contributed by atoms with E-state index < -0.39 is 0 Å². The van der Waals surface area contributed by atoms with Crippen molar-refractivity contribution in [3.63, 3.8) is 0 Å². The number of H-pyrrole nitrogens is 1. The molecule has 2 N–H and O–H groups in total. The summed E-state index contributed by atoms with van der Waals surface area (Å²) in [5, 5.41) is 9.94. The van der Waals surface area contributed by atoms with Gasteiger partial charge in [-0.05, 0) is 19.4 Å². The van der Waals surface area contributed by atoms with Crippen molar-refractivity contribution in [1.29, 1.82) is 0 Å². The van der Waals surface area contributed by atoms with Gasteiger partial charge in [0.1, 0.15) is 6.61 Å². The number of hydrogen-bond acceptors (Lipinski definition) is 4. The van der Waals surface area contributed by atoms with Crippen molar-refractivity contribution in [2.24, 2.45) is 0 Å². The summed E-state index contributed by atoms with van der Waals surface area (Å²) < 4.78 is 5.37. The summed E-state index contributed by atoms with van der Waals surface area (Å²) in [7, 11) is 1.74. The molecular weight excluding hydrogens is 272 g/mol. The van der Waals surface area contributed by atoms with Gasteiger partial charge >= 0.3 is 0 Å². The van der Waals surface area contributed by atoms with E-state index in [0.29, 0.717) is 25.9 Å². The third-order valence-electron chi connectivity index (χ3n) is 3.82. The number of rotatable bonds is 5. The van der Waals surface area contributed by atoms with Gasteiger partial charge in [0.25, 0.3) is 0 Å². The lowest BCUT2D eigenvalue weighted by molar-refractivity contribution is -0.146. The van der Waals surface area contributed by atoms with Crippen molar-refractivity contribution >= 4 is 11.8 Å². The number of aryl methyl sites for hydroxylation is 2. The molecule has 7 nitrogen and oxygen atoms in total. The number of morpholine rings is 1. The van der Waals surface area contributed by atoms with E-state index in [2.05, 4.69) is 15.5 Å². The van der Waals surface area contributed by atoms with Gasteiger partial charge in [0, 0.05) is 38.7 Å². The fourth-order valence-electron chi connectivity index (χ4n) is 2.21. The monoisotopic (exact) mass is 294 g/mol. The average Bonchev–Trinajstić information content (AvgIpc) is 2.78. The molecule has 0 bridgehead atoms. The molecule has 2 amide bonds. The molecule has 21 heavy (non-hydrogen) atoms. The smallest absolute Gasteiger partial charge is 0.248 e. The molecule has 0 radical (unpaired) electrons. The topological polar surface area (TPSA) is 87.3 Å². The Kier molecular flexibility index (Phi) is 4.95. The SMILES string of the molecule is Cc1[nH]nc(CCC(=O)NCC2CN(C)C(=O)CO2)c1C. The molecule has 2 heterocycles. The minimum absolute atomic E-state index is 0.0260.